The van der Waals surface area contributed by atoms with E-state index in [1.165, 1.54) is 4.90 Å². The lowest BCUT2D eigenvalue weighted by Gasteiger charge is -2.25. The van der Waals surface area contributed by atoms with Crippen molar-refractivity contribution < 1.29 is 19.4 Å². The van der Waals surface area contributed by atoms with Crippen molar-refractivity contribution in [1.82, 2.24) is 4.98 Å². The summed E-state index contributed by atoms with van der Waals surface area (Å²) < 4.78 is 5.55. The van der Waals surface area contributed by atoms with Crippen molar-refractivity contribution in [3.63, 3.8) is 0 Å². The fourth-order valence-electron chi connectivity index (χ4n) is 4.25. The van der Waals surface area contributed by atoms with Crippen LogP contribution in [0.4, 0.5) is 5.82 Å². The molecule has 1 aliphatic rings. The van der Waals surface area contributed by atoms with Crippen molar-refractivity contribution in [2.45, 2.75) is 39.7 Å². The lowest BCUT2D eigenvalue weighted by atomic mass is 9.92. The summed E-state index contributed by atoms with van der Waals surface area (Å²) in [6.45, 7) is 8.45. The minimum atomic E-state index is -0.804. The summed E-state index contributed by atoms with van der Waals surface area (Å²) in [5, 5.41) is 11.4. The molecule has 1 amide bonds. The fraction of sp³-hybridized carbons (Fsp3) is 0.250. The number of Topliss-reactive ketones (excluding diaryl/α,β-unsaturated/α-hetero) is 1. The molecule has 2 aromatic carbocycles. The average Bonchev–Trinajstić information content (AvgIpc) is 3.10. The second kappa shape index (κ2) is 9.51. The number of anilines is 1. The van der Waals surface area contributed by atoms with Gasteiger partial charge in [0.15, 0.2) is 0 Å². The lowest BCUT2D eigenvalue weighted by molar-refractivity contribution is -0.132. The van der Waals surface area contributed by atoms with Crippen LogP contribution >= 0.6 is 0 Å². The molecule has 174 valence electrons. The molecule has 4 rings (SSSR count). The first-order valence-corrected chi connectivity index (χ1v) is 11.4. The zero-order chi connectivity index (χ0) is 24.4. The molecule has 1 atom stereocenters. The Morgan fingerprint density at radius 2 is 1.82 bits per heavy atom. The zero-order valence-corrected chi connectivity index (χ0v) is 19.8. The van der Waals surface area contributed by atoms with Gasteiger partial charge in [-0.25, -0.2) is 4.98 Å². The number of carbonyl (C=O) groups is 2. The molecule has 0 spiro atoms. The molecule has 0 bridgehead atoms. The van der Waals surface area contributed by atoms with E-state index >= 15 is 0 Å². The molecule has 1 aliphatic heterocycles. The van der Waals surface area contributed by atoms with Crippen LogP contribution in [0.15, 0.2) is 72.4 Å². The number of aliphatic hydroxyl groups excluding tert-OH is 1. The standard InChI is InChI=1S/C28H28N2O4/c1-5-34-21-13-14-22(18(4)16-21)26(31)24-25(20-11-9-19(10-12-20)17(2)3)30(28(33)27(24)32)23-8-6-7-15-29-23/h6-17,25,31H,5H2,1-4H3/t25-/m1/s1. The lowest BCUT2D eigenvalue weighted by Crippen LogP contribution is -2.30. The van der Waals surface area contributed by atoms with Crippen molar-refractivity contribution in [2.24, 2.45) is 0 Å². The van der Waals surface area contributed by atoms with Crippen molar-refractivity contribution in [3.05, 3.63) is 94.7 Å². The smallest absolute Gasteiger partial charge is 0.301 e. The van der Waals surface area contributed by atoms with Crippen molar-refractivity contribution in [2.75, 3.05) is 11.5 Å². The summed E-state index contributed by atoms with van der Waals surface area (Å²) in [5.41, 5.74) is 3.12. The molecule has 1 fully saturated rings. The van der Waals surface area contributed by atoms with Gasteiger partial charge in [0.2, 0.25) is 0 Å². The molecule has 2 heterocycles. The van der Waals surface area contributed by atoms with Crippen LogP contribution < -0.4 is 9.64 Å². The van der Waals surface area contributed by atoms with Crippen molar-refractivity contribution >= 4 is 23.3 Å². The number of aliphatic hydroxyl groups is 1. The highest BCUT2D eigenvalue weighted by Gasteiger charge is 2.47. The second-order valence-electron chi connectivity index (χ2n) is 8.59. The number of aromatic nitrogens is 1. The number of amides is 1. The van der Waals surface area contributed by atoms with Gasteiger partial charge >= 0.3 is 5.91 Å². The minimum Gasteiger partial charge on any atom is -0.507 e. The molecule has 3 aromatic rings. The van der Waals surface area contributed by atoms with E-state index in [0.29, 0.717) is 29.7 Å². The van der Waals surface area contributed by atoms with E-state index in [2.05, 4.69) is 18.8 Å². The largest absolute Gasteiger partial charge is 0.507 e. The van der Waals surface area contributed by atoms with Crippen LogP contribution in [-0.4, -0.2) is 28.4 Å². The predicted octanol–water partition coefficient (Wildman–Crippen LogP) is 5.54. The Morgan fingerprint density at radius 3 is 2.41 bits per heavy atom. The van der Waals surface area contributed by atoms with Gasteiger partial charge in [0.25, 0.3) is 5.78 Å². The first kappa shape index (κ1) is 23.2. The SMILES string of the molecule is CCOc1ccc(C(O)=C2C(=O)C(=O)N(c3ccccn3)[C@@H]2c2ccc(C(C)C)cc2)c(C)c1. The van der Waals surface area contributed by atoms with E-state index in [-0.39, 0.29) is 11.3 Å². The Bertz CT molecular complexity index is 1250. The molecule has 6 nitrogen and oxygen atoms in total. The number of ether oxygens (including phenoxy) is 1. The molecular formula is C28H28N2O4. The van der Waals surface area contributed by atoms with Crippen LogP contribution in [0.2, 0.25) is 0 Å². The molecular weight excluding hydrogens is 428 g/mol. The highest BCUT2D eigenvalue weighted by Crippen LogP contribution is 2.42. The normalized spacial score (nSPS) is 17.4. The van der Waals surface area contributed by atoms with Crippen LogP contribution in [0, 0.1) is 6.92 Å². The number of hydrogen-bond acceptors (Lipinski definition) is 5. The summed E-state index contributed by atoms with van der Waals surface area (Å²) >= 11 is 0. The van der Waals surface area contributed by atoms with Crippen LogP contribution in [0.5, 0.6) is 5.75 Å². The van der Waals surface area contributed by atoms with Gasteiger partial charge in [-0.05, 0) is 66.8 Å². The van der Waals surface area contributed by atoms with E-state index in [4.69, 9.17) is 4.74 Å². The quantitative estimate of drug-likeness (QED) is 0.299. The van der Waals surface area contributed by atoms with Crippen LogP contribution in [-0.2, 0) is 9.59 Å². The van der Waals surface area contributed by atoms with Crippen molar-refractivity contribution in [1.29, 1.82) is 0 Å². The fourth-order valence-corrected chi connectivity index (χ4v) is 4.25. The topological polar surface area (TPSA) is 79.7 Å². The summed E-state index contributed by atoms with van der Waals surface area (Å²) in [7, 11) is 0. The third-order valence-corrected chi connectivity index (χ3v) is 6.02. The molecule has 34 heavy (non-hydrogen) atoms. The van der Waals surface area contributed by atoms with Crippen LogP contribution in [0.3, 0.4) is 0 Å². The Kier molecular flexibility index (Phi) is 6.50. The van der Waals surface area contributed by atoms with Crippen LogP contribution in [0.1, 0.15) is 55.0 Å². The molecule has 1 N–H and O–H groups in total. The third-order valence-electron chi connectivity index (χ3n) is 6.02. The van der Waals surface area contributed by atoms with Gasteiger partial charge in [0.05, 0.1) is 18.2 Å². The molecule has 6 heteroatoms. The number of rotatable bonds is 6. The van der Waals surface area contributed by atoms with Gasteiger partial charge < -0.3 is 9.84 Å². The van der Waals surface area contributed by atoms with Crippen molar-refractivity contribution in [3.8, 4) is 5.75 Å². The van der Waals surface area contributed by atoms with E-state index in [0.717, 1.165) is 16.7 Å². The van der Waals surface area contributed by atoms with Gasteiger partial charge in [0, 0.05) is 11.8 Å². The van der Waals surface area contributed by atoms with E-state index in [9.17, 15) is 14.7 Å². The monoisotopic (exact) mass is 456 g/mol. The number of pyridine rings is 1. The Morgan fingerprint density at radius 1 is 1.09 bits per heavy atom. The van der Waals surface area contributed by atoms with Gasteiger partial charge in [-0.1, -0.05) is 44.2 Å². The van der Waals surface area contributed by atoms with Gasteiger partial charge in [-0.2, -0.15) is 0 Å². The first-order valence-electron chi connectivity index (χ1n) is 11.4. The van der Waals surface area contributed by atoms with Crippen LogP contribution in [0.25, 0.3) is 5.76 Å². The third kappa shape index (κ3) is 4.19. The maximum atomic E-state index is 13.3. The van der Waals surface area contributed by atoms with Gasteiger partial charge in [0.1, 0.15) is 17.3 Å². The Balaban J connectivity index is 1.90. The number of hydrogen-bond donors (Lipinski definition) is 1. The van der Waals surface area contributed by atoms with E-state index in [1.54, 1.807) is 42.6 Å². The molecule has 0 unspecified atom stereocenters. The second-order valence-corrected chi connectivity index (χ2v) is 8.59. The highest BCUT2D eigenvalue weighted by atomic mass is 16.5. The van der Waals surface area contributed by atoms with E-state index in [1.807, 2.05) is 38.1 Å². The number of nitrogens with zero attached hydrogens (tertiary/aromatic N) is 2. The summed E-state index contributed by atoms with van der Waals surface area (Å²) in [6, 6.07) is 17.4. The number of benzene rings is 2. The maximum absolute atomic E-state index is 13.3. The summed E-state index contributed by atoms with van der Waals surface area (Å²) in [5.74, 6) is -0.314. The first-order chi connectivity index (χ1) is 16.3. The maximum Gasteiger partial charge on any atom is 0.301 e. The number of ketones is 1. The minimum absolute atomic E-state index is 0.0419. The molecule has 0 saturated carbocycles. The summed E-state index contributed by atoms with van der Waals surface area (Å²) in [4.78, 5) is 32.2. The average molecular weight is 457 g/mol. The number of aryl methyl sites for hydroxylation is 1. The molecule has 1 aromatic heterocycles. The Labute approximate surface area is 199 Å². The Hall–Kier alpha value is -3.93. The molecule has 1 saturated heterocycles. The zero-order valence-electron chi connectivity index (χ0n) is 19.8. The number of carbonyl (C=O) groups excluding carboxylic acids is 2. The van der Waals surface area contributed by atoms with E-state index < -0.39 is 17.7 Å². The van der Waals surface area contributed by atoms with Gasteiger partial charge in [-0.3, -0.25) is 14.5 Å². The predicted molar refractivity (Wildman–Crippen MR) is 132 cm³/mol. The highest BCUT2D eigenvalue weighted by molar-refractivity contribution is 6.51. The molecule has 0 radical (unpaired) electrons. The summed E-state index contributed by atoms with van der Waals surface area (Å²) in [6.07, 6.45) is 1.57. The molecule has 0 aliphatic carbocycles. The van der Waals surface area contributed by atoms with Gasteiger partial charge in [-0.15, -0.1) is 0 Å².